The SMILES string of the molecule is O=C(NC1COB(c2cc(C(F)(F)F)cc(C(F)(F)F)c2)OC1c1ccc([N+](=O)[O-])cc1)C(Cl)Cl. The van der Waals surface area contributed by atoms with E-state index in [1.54, 1.807) is 0 Å². The molecule has 1 fully saturated rings. The predicted molar refractivity (Wildman–Crippen MR) is 112 cm³/mol. The molecule has 2 atom stereocenters. The highest BCUT2D eigenvalue weighted by atomic mass is 35.5. The van der Waals surface area contributed by atoms with Crippen molar-refractivity contribution in [3.63, 3.8) is 0 Å². The Hall–Kier alpha value is -2.55. The number of nitro groups is 1. The molecule has 1 aliphatic rings. The van der Waals surface area contributed by atoms with Crippen LogP contribution in [0, 0.1) is 10.1 Å². The van der Waals surface area contributed by atoms with Crippen LogP contribution in [0.5, 0.6) is 0 Å². The lowest BCUT2D eigenvalue weighted by Crippen LogP contribution is -2.54. The van der Waals surface area contributed by atoms with E-state index in [1.165, 1.54) is 12.1 Å². The van der Waals surface area contributed by atoms with E-state index in [2.05, 4.69) is 5.32 Å². The highest BCUT2D eigenvalue weighted by Crippen LogP contribution is 2.36. The molecular weight excluding hydrogens is 532 g/mol. The molecule has 1 amide bonds. The molecule has 16 heteroatoms. The second-order valence-electron chi connectivity index (χ2n) is 7.33. The van der Waals surface area contributed by atoms with E-state index in [4.69, 9.17) is 32.5 Å². The van der Waals surface area contributed by atoms with Crippen molar-refractivity contribution in [2.45, 2.75) is 29.3 Å². The average molecular weight is 545 g/mol. The zero-order valence-corrected chi connectivity index (χ0v) is 18.6. The summed E-state index contributed by atoms with van der Waals surface area (Å²) >= 11 is 11.1. The van der Waals surface area contributed by atoms with Gasteiger partial charge in [0.1, 0.15) is 0 Å². The third-order valence-corrected chi connectivity index (χ3v) is 5.30. The molecule has 1 saturated heterocycles. The van der Waals surface area contributed by atoms with Crippen LogP contribution in [-0.4, -0.2) is 35.4 Å². The van der Waals surface area contributed by atoms with Crippen LogP contribution in [0.1, 0.15) is 22.8 Å². The van der Waals surface area contributed by atoms with Gasteiger partial charge in [0.15, 0.2) is 4.84 Å². The van der Waals surface area contributed by atoms with Crippen LogP contribution < -0.4 is 10.8 Å². The lowest BCUT2D eigenvalue weighted by molar-refractivity contribution is -0.384. The van der Waals surface area contributed by atoms with E-state index in [0.29, 0.717) is 12.1 Å². The Morgan fingerprint density at radius 1 is 1.06 bits per heavy atom. The van der Waals surface area contributed by atoms with E-state index in [1.807, 2.05) is 0 Å². The van der Waals surface area contributed by atoms with Gasteiger partial charge >= 0.3 is 19.5 Å². The summed E-state index contributed by atoms with van der Waals surface area (Å²) in [7, 11) is -1.70. The smallest absolute Gasteiger partial charge is 0.405 e. The van der Waals surface area contributed by atoms with Crippen molar-refractivity contribution in [2.24, 2.45) is 0 Å². The number of alkyl halides is 8. The van der Waals surface area contributed by atoms with Crippen LogP contribution in [0.15, 0.2) is 42.5 Å². The number of nitrogens with zero attached hydrogens (tertiary/aromatic N) is 1. The zero-order valence-electron chi connectivity index (χ0n) is 17.1. The number of nitro benzene ring substituents is 1. The monoisotopic (exact) mass is 544 g/mol. The summed E-state index contributed by atoms with van der Waals surface area (Å²) in [5, 5.41) is 13.3. The van der Waals surface area contributed by atoms with E-state index in [0.717, 1.165) is 12.1 Å². The molecule has 0 saturated carbocycles. The van der Waals surface area contributed by atoms with Gasteiger partial charge in [0.2, 0.25) is 0 Å². The van der Waals surface area contributed by atoms with Crippen molar-refractivity contribution in [1.29, 1.82) is 0 Å². The summed E-state index contributed by atoms with van der Waals surface area (Å²) in [6.07, 6.45) is -11.4. The number of benzene rings is 2. The van der Waals surface area contributed by atoms with Gasteiger partial charge in [0.25, 0.3) is 11.6 Å². The Morgan fingerprint density at radius 3 is 2.06 bits per heavy atom. The van der Waals surface area contributed by atoms with Gasteiger partial charge in [0.05, 0.1) is 34.8 Å². The first kappa shape index (κ1) is 27.0. The van der Waals surface area contributed by atoms with Crippen molar-refractivity contribution in [2.75, 3.05) is 6.61 Å². The minimum absolute atomic E-state index is 0.0375. The Balaban J connectivity index is 2.00. The number of halogens is 8. The second kappa shape index (κ2) is 10.2. The molecule has 2 unspecified atom stereocenters. The minimum atomic E-state index is -5.09. The van der Waals surface area contributed by atoms with Crippen LogP contribution in [0.3, 0.4) is 0 Å². The lowest BCUT2D eigenvalue weighted by Gasteiger charge is -2.36. The number of nitrogens with one attached hydrogen (secondary N) is 1. The highest BCUT2D eigenvalue weighted by Gasteiger charge is 2.42. The number of carbonyl (C=O) groups is 1. The van der Waals surface area contributed by atoms with Gasteiger partial charge in [0, 0.05) is 12.1 Å². The lowest BCUT2D eigenvalue weighted by atomic mass is 9.75. The van der Waals surface area contributed by atoms with E-state index < -0.39 is 70.5 Å². The van der Waals surface area contributed by atoms with Crippen molar-refractivity contribution in [3.8, 4) is 0 Å². The van der Waals surface area contributed by atoms with E-state index in [9.17, 15) is 41.3 Å². The largest absolute Gasteiger partial charge is 0.494 e. The summed E-state index contributed by atoms with van der Waals surface area (Å²) in [5.41, 5.74) is -3.77. The number of rotatable bonds is 5. The zero-order chi connectivity index (χ0) is 26.1. The maximum absolute atomic E-state index is 13.3. The first-order valence-electron chi connectivity index (χ1n) is 9.56. The predicted octanol–water partition coefficient (Wildman–Crippen LogP) is 4.40. The fourth-order valence-electron chi connectivity index (χ4n) is 3.30. The average Bonchev–Trinajstić information content (AvgIpc) is 2.77. The molecule has 0 aromatic heterocycles. The summed E-state index contributed by atoms with van der Waals surface area (Å²) in [4.78, 5) is 20.7. The van der Waals surface area contributed by atoms with Crippen LogP contribution >= 0.6 is 23.2 Å². The molecule has 35 heavy (non-hydrogen) atoms. The fraction of sp³-hybridized carbons (Fsp3) is 0.316. The number of carbonyl (C=O) groups excluding carboxylic acids is 1. The Morgan fingerprint density at radius 2 is 1.60 bits per heavy atom. The molecule has 0 bridgehead atoms. The van der Waals surface area contributed by atoms with Gasteiger partial charge in [-0.05, 0) is 29.2 Å². The van der Waals surface area contributed by atoms with Gasteiger partial charge in [-0.2, -0.15) is 26.3 Å². The molecule has 7 nitrogen and oxygen atoms in total. The number of non-ortho nitro benzene ring substituents is 1. The van der Waals surface area contributed by atoms with Gasteiger partial charge in [-0.3, -0.25) is 14.9 Å². The highest BCUT2D eigenvalue weighted by molar-refractivity contribution is 6.61. The van der Waals surface area contributed by atoms with Crippen molar-refractivity contribution >= 4 is 47.4 Å². The first-order valence-corrected chi connectivity index (χ1v) is 10.4. The molecule has 2 aromatic carbocycles. The number of hydrogen-bond acceptors (Lipinski definition) is 5. The van der Waals surface area contributed by atoms with Gasteiger partial charge in [-0.25, -0.2) is 0 Å². The third-order valence-electron chi connectivity index (χ3n) is 4.90. The molecule has 2 aromatic rings. The molecule has 0 spiro atoms. The summed E-state index contributed by atoms with van der Waals surface area (Å²) < 4.78 is 90.5. The van der Waals surface area contributed by atoms with Gasteiger partial charge < -0.3 is 14.6 Å². The molecule has 188 valence electrons. The van der Waals surface area contributed by atoms with Crippen LogP contribution in [0.25, 0.3) is 0 Å². The molecular formula is C19H13BCl2F6N2O5. The molecule has 0 aliphatic carbocycles. The molecule has 0 radical (unpaired) electrons. The van der Waals surface area contributed by atoms with Crippen molar-refractivity contribution < 1.29 is 45.4 Å². The van der Waals surface area contributed by atoms with Crippen LogP contribution in [0.2, 0.25) is 0 Å². The Bertz CT molecular complexity index is 1070. The van der Waals surface area contributed by atoms with E-state index in [-0.39, 0.29) is 17.3 Å². The number of amides is 1. The standard InChI is InChI=1S/C19H13BCl2F6N2O5/c21-16(22)17(31)29-14-8-34-20(35-15(14)9-1-3-13(4-2-9)30(32)33)12-6-10(18(23,24)25)5-11(7-12)19(26,27)28/h1-7,14-16H,8H2,(H,29,31). The van der Waals surface area contributed by atoms with Crippen molar-refractivity contribution in [1.82, 2.24) is 5.32 Å². The summed E-state index contributed by atoms with van der Waals surface area (Å²) in [6, 6.07) is 4.59. The normalized spacial score (nSPS) is 19.1. The summed E-state index contributed by atoms with van der Waals surface area (Å²) in [5.74, 6) is -0.866. The quantitative estimate of drug-likeness (QED) is 0.198. The topological polar surface area (TPSA) is 90.7 Å². The van der Waals surface area contributed by atoms with E-state index >= 15 is 0 Å². The Labute approximate surface area is 203 Å². The maximum Gasteiger partial charge on any atom is 0.494 e. The number of hydrogen-bond donors (Lipinski definition) is 1. The first-order chi connectivity index (χ1) is 16.2. The summed E-state index contributed by atoms with van der Waals surface area (Å²) in [6.45, 7) is -0.420. The molecule has 1 aliphatic heterocycles. The van der Waals surface area contributed by atoms with Gasteiger partial charge in [-0.1, -0.05) is 35.3 Å². The minimum Gasteiger partial charge on any atom is -0.405 e. The third kappa shape index (κ3) is 6.57. The maximum atomic E-state index is 13.3. The molecule has 1 heterocycles. The van der Waals surface area contributed by atoms with Crippen LogP contribution in [0.4, 0.5) is 32.0 Å². The molecule has 3 rings (SSSR count). The fourth-order valence-corrected chi connectivity index (χ4v) is 3.42. The van der Waals surface area contributed by atoms with Gasteiger partial charge in [-0.15, -0.1) is 0 Å². The second-order valence-corrected chi connectivity index (χ2v) is 8.42. The van der Waals surface area contributed by atoms with Crippen LogP contribution in [-0.2, 0) is 26.5 Å². The Kier molecular flexibility index (Phi) is 7.89. The molecule has 1 N–H and O–H groups in total. The van der Waals surface area contributed by atoms with Crippen molar-refractivity contribution in [3.05, 3.63) is 69.3 Å².